The fourth-order valence-corrected chi connectivity index (χ4v) is 2.12. The predicted octanol–water partition coefficient (Wildman–Crippen LogP) is 3.26. The van der Waals surface area contributed by atoms with Crippen molar-refractivity contribution in [2.45, 2.75) is 0 Å². The van der Waals surface area contributed by atoms with Crippen LogP contribution in [0.4, 0.5) is 5.69 Å². The normalized spacial score (nSPS) is 11.1. The summed E-state index contributed by atoms with van der Waals surface area (Å²) in [7, 11) is 0. The number of aromatic nitrogens is 3. The fourth-order valence-electron chi connectivity index (χ4n) is 1.92. The zero-order valence-electron chi connectivity index (χ0n) is 10.9. The van der Waals surface area contributed by atoms with Crippen LogP contribution in [0.15, 0.2) is 48.5 Å². The number of carbonyl (C=O) groups is 1. The zero-order chi connectivity index (χ0) is 14.7. The van der Waals surface area contributed by atoms with E-state index < -0.39 is 0 Å². The first-order valence-electron chi connectivity index (χ1n) is 6.27. The first-order chi connectivity index (χ1) is 10.2. The lowest BCUT2D eigenvalue weighted by atomic mass is 10.2. The number of hydrogen-bond donors (Lipinski definition) is 2. The van der Waals surface area contributed by atoms with Gasteiger partial charge in [-0.1, -0.05) is 35.9 Å². The summed E-state index contributed by atoms with van der Waals surface area (Å²) in [4.78, 5) is 12.0. The SMILES string of the molecule is O=C(C=Cc1ccccc1Cl)Nc1cccc2n[nH]nc12. The standard InChI is InChI=1S/C15H11ClN4O/c16-11-5-2-1-4-10(11)8-9-14(21)17-12-6-3-7-13-15(12)19-20-18-13/h1-9H,(H,17,21)(H,18,19,20). The Kier molecular flexibility index (Phi) is 3.66. The monoisotopic (exact) mass is 298 g/mol. The molecule has 0 bridgehead atoms. The quantitative estimate of drug-likeness (QED) is 0.729. The molecule has 0 unspecified atom stereocenters. The number of fused-ring (bicyclic) bond motifs is 1. The minimum absolute atomic E-state index is 0.259. The molecule has 0 spiro atoms. The van der Waals surface area contributed by atoms with Crippen LogP contribution in [0, 0.1) is 0 Å². The molecular formula is C15H11ClN4O. The van der Waals surface area contributed by atoms with Gasteiger partial charge in [-0.05, 0) is 29.8 Å². The summed E-state index contributed by atoms with van der Waals surface area (Å²) < 4.78 is 0. The van der Waals surface area contributed by atoms with Gasteiger partial charge in [0.2, 0.25) is 5.91 Å². The smallest absolute Gasteiger partial charge is 0.248 e. The van der Waals surface area contributed by atoms with E-state index >= 15 is 0 Å². The van der Waals surface area contributed by atoms with E-state index in [1.807, 2.05) is 24.3 Å². The Morgan fingerprint density at radius 2 is 2.00 bits per heavy atom. The molecule has 1 aromatic heterocycles. The van der Waals surface area contributed by atoms with E-state index in [-0.39, 0.29) is 5.91 Å². The zero-order valence-corrected chi connectivity index (χ0v) is 11.6. The van der Waals surface area contributed by atoms with Crippen LogP contribution < -0.4 is 5.32 Å². The van der Waals surface area contributed by atoms with Crippen molar-refractivity contribution in [3.63, 3.8) is 0 Å². The van der Waals surface area contributed by atoms with Crippen molar-refractivity contribution in [3.05, 3.63) is 59.1 Å². The van der Waals surface area contributed by atoms with Gasteiger partial charge in [0.05, 0.1) is 5.69 Å². The molecule has 0 saturated heterocycles. The Morgan fingerprint density at radius 3 is 2.86 bits per heavy atom. The topological polar surface area (TPSA) is 70.7 Å². The molecule has 0 aliphatic rings. The second kappa shape index (κ2) is 5.76. The maximum atomic E-state index is 12.0. The third-order valence-corrected chi connectivity index (χ3v) is 3.27. The molecule has 1 amide bonds. The van der Waals surface area contributed by atoms with Gasteiger partial charge in [0.1, 0.15) is 11.0 Å². The third-order valence-electron chi connectivity index (χ3n) is 2.92. The molecule has 0 saturated carbocycles. The summed E-state index contributed by atoms with van der Waals surface area (Å²) >= 11 is 6.03. The summed E-state index contributed by atoms with van der Waals surface area (Å²) in [6, 6.07) is 12.7. The molecule has 0 fully saturated rings. The van der Waals surface area contributed by atoms with Gasteiger partial charge in [-0.2, -0.15) is 15.4 Å². The maximum Gasteiger partial charge on any atom is 0.248 e. The Labute approximate surface area is 125 Å². The minimum Gasteiger partial charge on any atom is -0.320 e. The maximum absolute atomic E-state index is 12.0. The minimum atomic E-state index is -0.259. The molecule has 0 aliphatic heterocycles. The Morgan fingerprint density at radius 1 is 1.14 bits per heavy atom. The number of aromatic amines is 1. The Hall–Kier alpha value is -2.66. The summed E-state index contributed by atoms with van der Waals surface area (Å²) in [5.74, 6) is -0.259. The largest absolute Gasteiger partial charge is 0.320 e. The molecule has 5 nitrogen and oxygen atoms in total. The molecule has 0 radical (unpaired) electrons. The highest BCUT2D eigenvalue weighted by Crippen LogP contribution is 2.19. The Bertz CT molecular complexity index is 825. The lowest BCUT2D eigenvalue weighted by Gasteiger charge is -2.02. The summed E-state index contributed by atoms with van der Waals surface area (Å²) in [6.07, 6.45) is 3.10. The molecule has 2 aromatic carbocycles. The molecule has 2 N–H and O–H groups in total. The number of benzene rings is 2. The van der Waals surface area contributed by atoms with E-state index in [2.05, 4.69) is 20.7 Å². The number of halogens is 1. The van der Waals surface area contributed by atoms with Gasteiger partial charge in [-0.25, -0.2) is 0 Å². The van der Waals surface area contributed by atoms with Gasteiger partial charge in [-0.15, -0.1) is 0 Å². The highest BCUT2D eigenvalue weighted by molar-refractivity contribution is 6.32. The van der Waals surface area contributed by atoms with Crippen molar-refractivity contribution >= 4 is 40.3 Å². The van der Waals surface area contributed by atoms with E-state index in [1.54, 1.807) is 24.3 Å². The lowest BCUT2D eigenvalue weighted by Crippen LogP contribution is -2.08. The van der Waals surface area contributed by atoms with E-state index in [0.717, 1.165) is 5.56 Å². The highest BCUT2D eigenvalue weighted by Gasteiger charge is 2.06. The number of para-hydroxylation sites is 1. The fraction of sp³-hybridized carbons (Fsp3) is 0. The number of nitrogens with one attached hydrogen (secondary N) is 2. The number of hydrogen-bond acceptors (Lipinski definition) is 3. The molecule has 0 aliphatic carbocycles. The van der Waals surface area contributed by atoms with Gasteiger partial charge < -0.3 is 5.32 Å². The van der Waals surface area contributed by atoms with Gasteiger partial charge in [0.15, 0.2) is 0 Å². The molecule has 3 rings (SSSR count). The summed E-state index contributed by atoms with van der Waals surface area (Å²) in [5, 5.41) is 13.9. The number of H-pyrrole nitrogens is 1. The first kappa shape index (κ1) is 13.3. The molecule has 3 aromatic rings. The van der Waals surface area contributed by atoms with Crippen molar-refractivity contribution in [1.82, 2.24) is 15.4 Å². The van der Waals surface area contributed by atoms with Gasteiger partial charge >= 0.3 is 0 Å². The first-order valence-corrected chi connectivity index (χ1v) is 6.65. The summed E-state index contributed by atoms with van der Waals surface area (Å²) in [6.45, 7) is 0. The van der Waals surface area contributed by atoms with Gasteiger partial charge in [0.25, 0.3) is 0 Å². The van der Waals surface area contributed by atoms with Crippen LogP contribution in [0.2, 0.25) is 5.02 Å². The summed E-state index contributed by atoms with van der Waals surface area (Å²) in [5.41, 5.74) is 2.71. The second-order valence-corrected chi connectivity index (χ2v) is 4.75. The van der Waals surface area contributed by atoms with Crippen LogP contribution in [-0.4, -0.2) is 21.3 Å². The van der Waals surface area contributed by atoms with Crippen molar-refractivity contribution < 1.29 is 4.79 Å². The van der Waals surface area contributed by atoms with Crippen molar-refractivity contribution in [1.29, 1.82) is 0 Å². The van der Waals surface area contributed by atoms with Crippen LogP contribution in [0.25, 0.3) is 17.1 Å². The van der Waals surface area contributed by atoms with Crippen LogP contribution in [0.1, 0.15) is 5.56 Å². The van der Waals surface area contributed by atoms with Crippen molar-refractivity contribution in [2.75, 3.05) is 5.32 Å². The molecule has 6 heteroatoms. The molecule has 1 heterocycles. The van der Waals surface area contributed by atoms with Crippen LogP contribution in [0.5, 0.6) is 0 Å². The van der Waals surface area contributed by atoms with Crippen LogP contribution >= 0.6 is 11.6 Å². The number of amides is 1. The third kappa shape index (κ3) is 2.93. The van der Waals surface area contributed by atoms with Crippen LogP contribution in [-0.2, 0) is 4.79 Å². The second-order valence-electron chi connectivity index (χ2n) is 4.34. The average Bonchev–Trinajstić information content (AvgIpc) is 2.96. The highest BCUT2D eigenvalue weighted by atomic mass is 35.5. The van der Waals surface area contributed by atoms with E-state index in [1.165, 1.54) is 6.08 Å². The van der Waals surface area contributed by atoms with E-state index in [4.69, 9.17) is 11.6 Å². The lowest BCUT2D eigenvalue weighted by molar-refractivity contribution is -0.111. The Balaban J connectivity index is 1.78. The van der Waals surface area contributed by atoms with Crippen molar-refractivity contribution in [3.8, 4) is 0 Å². The predicted molar refractivity (Wildman–Crippen MR) is 83.0 cm³/mol. The van der Waals surface area contributed by atoms with Crippen molar-refractivity contribution in [2.24, 2.45) is 0 Å². The number of rotatable bonds is 3. The van der Waals surface area contributed by atoms with E-state index in [9.17, 15) is 4.79 Å². The molecule has 104 valence electrons. The van der Waals surface area contributed by atoms with Crippen LogP contribution in [0.3, 0.4) is 0 Å². The van der Waals surface area contributed by atoms with Gasteiger partial charge in [-0.3, -0.25) is 4.79 Å². The van der Waals surface area contributed by atoms with Gasteiger partial charge in [0, 0.05) is 11.1 Å². The average molecular weight is 299 g/mol. The number of nitrogens with zero attached hydrogens (tertiary/aromatic N) is 2. The molecule has 0 atom stereocenters. The van der Waals surface area contributed by atoms with E-state index in [0.29, 0.717) is 21.7 Å². The molecular weight excluding hydrogens is 288 g/mol. The molecule has 21 heavy (non-hydrogen) atoms. The number of anilines is 1. The number of carbonyl (C=O) groups excluding carboxylic acids is 1.